The van der Waals surface area contributed by atoms with Crippen molar-refractivity contribution >= 4 is 11.6 Å². The molecule has 0 bridgehead atoms. The number of hydrogen-bond donors (Lipinski definition) is 3. The molecule has 1 aromatic heterocycles. The topological polar surface area (TPSA) is 99.2 Å². The maximum absolute atomic E-state index is 13.9. The Balaban J connectivity index is 1.44. The Labute approximate surface area is 262 Å². The van der Waals surface area contributed by atoms with Gasteiger partial charge in [-0.15, -0.1) is 0 Å². The molecule has 4 heterocycles. The van der Waals surface area contributed by atoms with Crippen molar-refractivity contribution in [1.82, 2.24) is 20.5 Å². The lowest BCUT2D eigenvalue weighted by atomic mass is 9.95. The van der Waals surface area contributed by atoms with E-state index >= 15 is 0 Å². The number of nitrogens with one attached hydrogen (secondary N) is 2. The summed E-state index contributed by atoms with van der Waals surface area (Å²) in [6.07, 6.45) is 8.01. The first-order chi connectivity index (χ1) is 21.3. The highest BCUT2D eigenvalue weighted by Crippen LogP contribution is 2.34. The fraction of sp³-hybridized carbons (Fsp3) is 0.543. The number of pyridine rings is 1. The first-order valence-corrected chi connectivity index (χ1v) is 16.1. The highest BCUT2D eigenvalue weighted by molar-refractivity contribution is 5.99. The lowest BCUT2D eigenvalue weighted by Crippen LogP contribution is -2.41. The molecule has 1 aromatic carbocycles. The normalized spacial score (nSPS) is 20.2. The minimum atomic E-state index is -0.214. The van der Waals surface area contributed by atoms with Crippen LogP contribution in [0.2, 0.25) is 0 Å². The molecule has 9 heteroatoms. The van der Waals surface area contributed by atoms with Gasteiger partial charge in [0.1, 0.15) is 6.10 Å². The number of anilines is 1. The molecule has 2 aromatic rings. The van der Waals surface area contributed by atoms with Crippen LogP contribution < -0.4 is 20.3 Å². The van der Waals surface area contributed by atoms with Crippen LogP contribution in [0.3, 0.4) is 0 Å². The van der Waals surface area contributed by atoms with E-state index in [9.17, 15) is 9.90 Å². The van der Waals surface area contributed by atoms with Crippen molar-refractivity contribution in [1.29, 1.82) is 0 Å². The highest BCUT2D eigenvalue weighted by Gasteiger charge is 2.26. The van der Waals surface area contributed by atoms with Crippen LogP contribution in [0.25, 0.3) is 11.1 Å². The van der Waals surface area contributed by atoms with Crippen LogP contribution in [-0.4, -0.2) is 92.1 Å². The summed E-state index contributed by atoms with van der Waals surface area (Å²) in [6, 6.07) is 8.30. The van der Waals surface area contributed by atoms with E-state index in [1.807, 2.05) is 45.2 Å². The molecule has 9 nitrogen and oxygen atoms in total. The third-order valence-corrected chi connectivity index (χ3v) is 9.31. The predicted molar refractivity (Wildman–Crippen MR) is 175 cm³/mol. The Kier molecular flexibility index (Phi) is 10.6. The number of aliphatic hydroxyl groups excluding tert-OH is 1. The van der Waals surface area contributed by atoms with Crippen LogP contribution in [0.4, 0.5) is 5.69 Å². The number of aliphatic hydroxyl groups is 1. The number of allylic oxidation sites excluding steroid dienone is 3. The second-order valence-corrected chi connectivity index (χ2v) is 12.4. The van der Waals surface area contributed by atoms with Gasteiger partial charge < -0.3 is 35.0 Å². The fourth-order valence-electron chi connectivity index (χ4n) is 6.70. The summed E-state index contributed by atoms with van der Waals surface area (Å²) in [6.45, 7) is 12.9. The minimum absolute atomic E-state index is 0.0343. The average Bonchev–Trinajstić information content (AvgIpc) is 3.03. The number of rotatable bonds is 10. The Hall–Kier alpha value is -3.40. The molecule has 5 rings (SSSR count). The molecule has 238 valence electrons. The summed E-state index contributed by atoms with van der Waals surface area (Å²) in [4.78, 5) is 23.3. The third kappa shape index (κ3) is 7.45. The lowest BCUT2D eigenvalue weighted by molar-refractivity contribution is 0.0846. The quantitative estimate of drug-likeness (QED) is 0.367. The number of carbonyl (C=O) groups excluding carboxylic acids is 1. The van der Waals surface area contributed by atoms with Gasteiger partial charge in [-0.2, -0.15) is 0 Å². The van der Waals surface area contributed by atoms with Gasteiger partial charge >= 0.3 is 0 Å². The standard InChI is InChI=1S/C35H49N5O4/c1-6-40(28-11-15-43-16-12-28)33-19-27(26-7-8-34(36-20-26)44-29-9-13-39(5)14-10-29)18-30(25(33)4)35(42)37-21-31-23(2)17-24(3)38-32(31)22-41/h7-8,17-20,28-29,32,38,41H,6,9-16,21-22H2,1-5H3,(H,37,42). The molecule has 1 amide bonds. The fourth-order valence-corrected chi connectivity index (χ4v) is 6.70. The van der Waals surface area contributed by atoms with Crippen molar-refractivity contribution in [3.05, 3.63) is 64.5 Å². The smallest absolute Gasteiger partial charge is 0.251 e. The molecule has 1 unspecified atom stereocenters. The summed E-state index contributed by atoms with van der Waals surface area (Å²) in [5, 5.41) is 16.5. The van der Waals surface area contributed by atoms with Gasteiger partial charge in [-0.25, -0.2) is 4.98 Å². The van der Waals surface area contributed by atoms with E-state index < -0.39 is 0 Å². The van der Waals surface area contributed by atoms with E-state index in [0.29, 0.717) is 24.0 Å². The maximum atomic E-state index is 13.9. The van der Waals surface area contributed by atoms with Crippen molar-refractivity contribution < 1.29 is 19.4 Å². The molecule has 0 spiro atoms. The van der Waals surface area contributed by atoms with Gasteiger partial charge in [-0.1, -0.05) is 0 Å². The van der Waals surface area contributed by atoms with Gasteiger partial charge in [0, 0.05) is 80.2 Å². The zero-order valence-electron chi connectivity index (χ0n) is 27.0. The van der Waals surface area contributed by atoms with Gasteiger partial charge in [-0.05, 0) is 107 Å². The summed E-state index contributed by atoms with van der Waals surface area (Å²) in [5.41, 5.74) is 7.61. The Morgan fingerprint density at radius 2 is 1.89 bits per heavy atom. The number of amides is 1. The van der Waals surface area contributed by atoms with Crippen molar-refractivity contribution in [2.24, 2.45) is 0 Å². The van der Waals surface area contributed by atoms with Crippen molar-refractivity contribution in [3.8, 4) is 17.0 Å². The molecule has 0 saturated carbocycles. The van der Waals surface area contributed by atoms with Crippen molar-refractivity contribution in [2.75, 3.05) is 57.9 Å². The largest absolute Gasteiger partial charge is 0.474 e. The van der Waals surface area contributed by atoms with E-state index in [1.54, 1.807) is 0 Å². The number of aromatic nitrogens is 1. The number of hydrogen-bond acceptors (Lipinski definition) is 8. The Morgan fingerprint density at radius 1 is 1.14 bits per heavy atom. The average molecular weight is 604 g/mol. The van der Waals surface area contributed by atoms with Crippen LogP contribution in [0, 0.1) is 6.92 Å². The molecular formula is C35H49N5O4. The van der Waals surface area contributed by atoms with Crippen LogP contribution in [0.1, 0.15) is 62.4 Å². The Bertz CT molecular complexity index is 1360. The summed E-state index contributed by atoms with van der Waals surface area (Å²) < 4.78 is 11.9. The van der Waals surface area contributed by atoms with Crippen LogP contribution >= 0.6 is 0 Å². The van der Waals surface area contributed by atoms with E-state index in [2.05, 4.69) is 51.5 Å². The molecule has 0 aliphatic carbocycles. The second kappa shape index (κ2) is 14.6. The molecular weight excluding hydrogens is 554 g/mol. The molecule has 2 saturated heterocycles. The number of likely N-dealkylation sites (tertiary alicyclic amines) is 1. The number of piperidine rings is 1. The number of ether oxygens (including phenoxy) is 2. The SMILES string of the molecule is CCN(c1cc(-c2ccc(OC3CCN(C)CC3)nc2)cc(C(=O)NCC2=C(C)C=C(C)NC2CO)c1C)C1CCOCC1. The van der Waals surface area contributed by atoms with Crippen LogP contribution in [0.15, 0.2) is 53.4 Å². The Morgan fingerprint density at radius 3 is 2.55 bits per heavy atom. The van der Waals surface area contributed by atoms with Gasteiger partial charge in [0.15, 0.2) is 0 Å². The molecule has 3 N–H and O–H groups in total. The van der Waals surface area contributed by atoms with E-state index in [1.165, 1.54) is 0 Å². The monoisotopic (exact) mass is 603 g/mol. The second-order valence-electron chi connectivity index (χ2n) is 12.4. The predicted octanol–water partition coefficient (Wildman–Crippen LogP) is 4.45. The zero-order valence-corrected chi connectivity index (χ0v) is 27.0. The minimum Gasteiger partial charge on any atom is -0.474 e. The molecule has 3 aliphatic rings. The number of dihydropyridines is 1. The van der Waals surface area contributed by atoms with Gasteiger partial charge in [0.2, 0.25) is 5.88 Å². The number of nitrogens with zero attached hydrogens (tertiary/aromatic N) is 3. The number of benzene rings is 1. The van der Waals surface area contributed by atoms with E-state index in [0.717, 1.165) is 97.8 Å². The van der Waals surface area contributed by atoms with Gasteiger partial charge in [-0.3, -0.25) is 4.79 Å². The molecule has 1 atom stereocenters. The van der Waals surface area contributed by atoms with Crippen LogP contribution in [-0.2, 0) is 4.74 Å². The van der Waals surface area contributed by atoms with E-state index in [4.69, 9.17) is 9.47 Å². The highest BCUT2D eigenvalue weighted by atomic mass is 16.5. The van der Waals surface area contributed by atoms with Crippen LogP contribution in [0.5, 0.6) is 5.88 Å². The summed E-state index contributed by atoms with van der Waals surface area (Å²) in [7, 11) is 2.14. The maximum Gasteiger partial charge on any atom is 0.251 e. The molecule has 3 aliphatic heterocycles. The first-order valence-electron chi connectivity index (χ1n) is 16.1. The number of carbonyl (C=O) groups is 1. The van der Waals surface area contributed by atoms with Crippen molar-refractivity contribution in [2.45, 2.75) is 71.6 Å². The van der Waals surface area contributed by atoms with Crippen molar-refractivity contribution in [3.63, 3.8) is 0 Å². The molecule has 0 radical (unpaired) electrons. The first kappa shape index (κ1) is 32.0. The zero-order chi connectivity index (χ0) is 31.2. The lowest BCUT2D eigenvalue weighted by Gasteiger charge is -2.37. The summed E-state index contributed by atoms with van der Waals surface area (Å²) >= 11 is 0. The molecule has 2 fully saturated rings. The summed E-state index contributed by atoms with van der Waals surface area (Å²) in [5.74, 6) is 0.505. The molecule has 44 heavy (non-hydrogen) atoms. The van der Waals surface area contributed by atoms with Gasteiger partial charge in [0.05, 0.1) is 12.6 Å². The van der Waals surface area contributed by atoms with E-state index in [-0.39, 0.29) is 24.7 Å². The van der Waals surface area contributed by atoms with Gasteiger partial charge in [0.25, 0.3) is 5.91 Å². The third-order valence-electron chi connectivity index (χ3n) is 9.31.